The molecule has 0 atom stereocenters. The summed E-state index contributed by atoms with van der Waals surface area (Å²) in [5.74, 6) is 0.584. The topological polar surface area (TPSA) is 39.9 Å². The van der Waals surface area contributed by atoms with E-state index < -0.39 is 17.3 Å². The summed E-state index contributed by atoms with van der Waals surface area (Å²) in [5, 5.41) is 8.76. The minimum Gasteiger partial charge on any atom is -0.356 e. The largest absolute Gasteiger partial charge is 0.417 e. The number of aromatic nitrogens is 1. The molecule has 0 bridgehead atoms. The molecule has 3 nitrogen and oxygen atoms in total. The van der Waals surface area contributed by atoms with Crippen molar-refractivity contribution in [1.82, 2.24) is 4.98 Å². The highest BCUT2D eigenvalue weighted by atomic mass is 19.4. The maximum atomic E-state index is 12.9. The maximum Gasteiger partial charge on any atom is 0.417 e. The smallest absolute Gasteiger partial charge is 0.356 e. The summed E-state index contributed by atoms with van der Waals surface area (Å²) in [6.45, 7) is 7.22. The Morgan fingerprint density at radius 1 is 1.40 bits per heavy atom. The monoisotopic (exact) mass is 285 g/mol. The Hall–Kier alpha value is -1.77. The first-order valence-electron chi connectivity index (χ1n) is 6.51. The van der Waals surface area contributed by atoms with Gasteiger partial charge in [0.25, 0.3) is 0 Å². The number of nitriles is 1. The van der Waals surface area contributed by atoms with Gasteiger partial charge in [0, 0.05) is 19.3 Å². The van der Waals surface area contributed by atoms with E-state index in [1.54, 1.807) is 6.07 Å². The van der Waals surface area contributed by atoms with Crippen molar-refractivity contribution in [2.24, 2.45) is 5.92 Å². The summed E-state index contributed by atoms with van der Waals surface area (Å²) in [5.41, 5.74) is -1.36. The molecule has 1 aromatic heterocycles. The Labute approximate surface area is 117 Å². The molecule has 0 N–H and O–H groups in total. The minimum atomic E-state index is -4.54. The van der Waals surface area contributed by atoms with E-state index in [4.69, 9.17) is 5.26 Å². The molecule has 0 aliphatic heterocycles. The molecule has 110 valence electrons. The van der Waals surface area contributed by atoms with Crippen LogP contribution in [0.3, 0.4) is 0 Å². The number of hydrogen-bond donors (Lipinski definition) is 0. The molecule has 0 spiro atoms. The second kappa shape index (κ2) is 6.60. The van der Waals surface area contributed by atoms with E-state index in [0.717, 1.165) is 18.7 Å². The second-order valence-corrected chi connectivity index (χ2v) is 5.04. The summed E-state index contributed by atoms with van der Waals surface area (Å²) >= 11 is 0. The molecular weight excluding hydrogens is 267 g/mol. The SMILES string of the molecule is CCCN(CC(C)C)c1cc(C(F)(F)F)c(C#N)cn1. The lowest BCUT2D eigenvalue weighted by Gasteiger charge is -2.26. The number of rotatable bonds is 5. The Kier molecular flexibility index (Phi) is 5.37. The molecular formula is C14H18F3N3. The average Bonchev–Trinajstić information content (AvgIpc) is 2.36. The zero-order chi connectivity index (χ0) is 15.3. The van der Waals surface area contributed by atoms with Crippen LogP contribution < -0.4 is 4.90 Å². The van der Waals surface area contributed by atoms with E-state index in [-0.39, 0.29) is 5.82 Å². The zero-order valence-corrected chi connectivity index (χ0v) is 11.8. The number of hydrogen-bond acceptors (Lipinski definition) is 3. The molecule has 0 aliphatic carbocycles. The van der Waals surface area contributed by atoms with E-state index >= 15 is 0 Å². The summed E-state index contributed by atoms with van der Waals surface area (Å²) in [6.07, 6.45) is -2.73. The fourth-order valence-corrected chi connectivity index (χ4v) is 1.95. The van der Waals surface area contributed by atoms with Gasteiger partial charge in [0.1, 0.15) is 11.9 Å². The van der Waals surface area contributed by atoms with Crippen LogP contribution in [0.15, 0.2) is 12.3 Å². The van der Waals surface area contributed by atoms with Gasteiger partial charge in [0.05, 0.1) is 11.1 Å². The molecule has 1 rings (SSSR count). The average molecular weight is 285 g/mol. The predicted molar refractivity (Wildman–Crippen MR) is 71.3 cm³/mol. The highest BCUT2D eigenvalue weighted by molar-refractivity contribution is 5.48. The summed E-state index contributed by atoms with van der Waals surface area (Å²) < 4.78 is 38.8. The van der Waals surface area contributed by atoms with Crippen molar-refractivity contribution < 1.29 is 13.2 Å². The first-order valence-corrected chi connectivity index (χ1v) is 6.51. The van der Waals surface area contributed by atoms with Gasteiger partial charge in [-0.1, -0.05) is 20.8 Å². The van der Waals surface area contributed by atoms with Crippen LogP contribution in [0.2, 0.25) is 0 Å². The second-order valence-electron chi connectivity index (χ2n) is 5.04. The van der Waals surface area contributed by atoms with Gasteiger partial charge in [0.15, 0.2) is 0 Å². The van der Waals surface area contributed by atoms with Crippen LogP contribution in [0, 0.1) is 17.2 Å². The fraction of sp³-hybridized carbons (Fsp3) is 0.571. The Balaban J connectivity index is 3.21. The molecule has 0 fully saturated rings. The molecule has 0 amide bonds. The van der Waals surface area contributed by atoms with Crippen LogP contribution in [0.1, 0.15) is 38.3 Å². The number of nitrogens with zero attached hydrogens (tertiary/aromatic N) is 3. The highest BCUT2D eigenvalue weighted by Crippen LogP contribution is 2.33. The number of anilines is 1. The van der Waals surface area contributed by atoms with Crippen LogP contribution in [-0.2, 0) is 6.18 Å². The molecule has 0 unspecified atom stereocenters. The lowest BCUT2D eigenvalue weighted by molar-refractivity contribution is -0.137. The molecule has 0 saturated heterocycles. The molecule has 6 heteroatoms. The molecule has 1 aromatic rings. The number of pyridine rings is 1. The van der Waals surface area contributed by atoms with E-state index in [1.165, 1.54) is 0 Å². The summed E-state index contributed by atoms with van der Waals surface area (Å²) in [6, 6.07) is 2.51. The van der Waals surface area contributed by atoms with E-state index in [9.17, 15) is 13.2 Å². The van der Waals surface area contributed by atoms with Crippen LogP contribution in [0.5, 0.6) is 0 Å². The van der Waals surface area contributed by atoms with Gasteiger partial charge in [-0.25, -0.2) is 4.98 Å². The van der Waals surface area contributed by atoms with Gasteiger partial charge in [0.2, 0.25) is 0 Å². The van der Waals surface area contributed by atoms with Gasteiger partial charge in [-0.05, 0) is 18.4 Å². The fourth-order valence-electron chi connectivity index (χ4n) is 1.95. The third kappa shape index (κ3) is 4.12. The third-order valence-electron chi connectivity index (χ3n) is 2.72. The van der Waals surface area contributed by atoms with Crippen molar-refractivity contribution in [3.8, 4) is 6.07 Å². The molecule has 0 aromatic carbocycles. The van der Waals surface area contributed by atoms with Crippen molar-refractivity contribution in [3.05, 3.63) is 23.4 Å². The van der Waals surface area contributed by atoms with Crippen LogP contribution >= 0.6 is 0 Å². The molecule has 0 saturated carbocycles. The maximum absolute atomic E-state index is 12.9. The first kappa shape index (κ1) is 16.3. The van der Waals surface area contributed by atoms with Crippen molar-refractivity contribution in [2.45, 2.75) is 33.4 Å². The quantitative estimate of drug-likeness (QED) is 0.825. The lowest BCUT2D eigenvalue weighted by atomic mass is 10.1. The molecule has 1 heterocycles. The molecule has 0 aliphatic rings. The van der Waals surface area contributed by atoms with Crippen LogP contribution in [0.25, 0.3) is 0 Å². The van der Waals surface area contributed by atoms with Crippen molar-refractivity contribution in [1.29, 1.82) is 5.26 Å². The third-order valence-corrected chi connectivity index (χ3v) is 2.72. The van der Waals surface area contributed by atoms with Gasteiger partial charge in [-0.15, -0.1) is 0 Å². The van der Waals surface area contributed by atoms with Gasteiger partial charge in [-0.2, -0.15) is 18.4 Å². The molecule has 0 radical (unpaired) electrons. The van der Waals surface area contributed by atoms with Crippen molar-refractivity contribution in [3.63, 3.8) is 0 Å². The van der Waals surface area contributed by atoms with Gasteiger partial charge >= 0.3 is 6.18 Å². The minimum absolute atomic E-state index is 0.270. The Morgan fingerprint density at radius 2 is 2.05 bits per heavy atom. The van der Waals surface area contributed by atoms with E-state index in [0.29, 0.717) is 19.0 Å². The van der Waals surface area contributed by atoms with Crippen LogP contribution in [-0.4, -0.2) is 18.1 Å². The van der Waals surface area contributed by atoms with Gasteiger partial charge in [-0.3, -0.25) is 0 Å². The molecule has 20 heavy (non-hydrogen) atoms. The Morgan fingerprint density at radius 3 is 2.50 bits per heavy atom. The van der Waals surface area contributed by atoms with Crippen molar-refractivity contribution in [2.75, 3.05) is 18.0 Å². The van der Waals surface area contributed by atoms with E-state index in [2.05, 4.69) is 4.98 Å². The van der Waals surface area contributed by atoms with Gasteiger partial charge < -0.3 is 4.90 Å². The lowest BCUT2D eigenvalue weighted by Crippen LogP contribution is -2.29. The van der Waals surface area contributed by atoms with Crippen LogP contribution in [0.4, 0.5) is 19.0 Å². The number of alkyl halides is 3. The zero-order valence-electron chi connectivity index (χ0n) is 11.8. The van der Waals surface area contributed by atoms with E-state index in [1.807, 2.05) is 25.7 Å². The summed E-state index contributed by atoms with van der Waals surface area (Å²) in [7, 11) is 0. The Bertz CT molecular complexity index is 489. The highest BCUT2D eigenvalue weighted by Gasteiger charge is 2.34. The van der Waals surface area contributed by atoms with Crippen molar-refractivity contribution >= 4 is 5.82 Å². The standard InChI is InChI=1S/C14H18F3N3/c1-4-5-20(9-10(2)3)13-6-12(14(15,16)17)11(7-18)8-19-13/h6,8,10H,4-5,9H2,1-3H3. The summed E-state index contributed by atoms with van der Waals surface area (Å²) in [4.78, 5) is 5.82. The normalized spacial score (nSPS) is 11.5. The first-order chi connectivity index (χ1) is 9.29. The predicted octanol–water partition coefficient (Wildman–Crippen LogP) is 3.84. The number of halogens is 3.